The van der Waals surface area contributed by atoms with Gasteiger partial charge in [0.25, 0.3) is 0 Å². The third-order valence-electron chi connectivity index (χ3n) is 3.42. The van der Waals surface area contributed by atoms with Gasteiger partial charge < -0.3 is 4.74 Å². The van der Waals surface area contributed by atoms with Gasteiger partial charge in [0, 0.05) is 5.75 Å². The van der Waals surface area contributed by atoms with Crippen molar-refractivity contribution in [1.29, 1.82) is 5.26 Å². The lowest BCUT2D eigenvalue weighted by molar-refractivity contribution is 0.334. The van der Waals surface area contributed by atoms with Crippen molar-refractivity contribution in [1.82, 2.24) is 0 Å². The van der Waals surface area contributed by atoms with Crippen LogP contribution >= 0.6 is 11.8 Å². The van der Waals surface area contributed by atoms with E-state index in [9.17, 15) is 0 Å². The van der Waals surface area contributed by atoms with E-state index in [1.165, 1.54) is 22.9 Å². The van der Waals surface area contributed by atoms with Crippen molar-refractivity contribution in [3.8, 4) is 11.2 Å². The number of benzene rings is 1. The summed E-state index contributed by atoms with van der Waals surface area (Å²) >= 11 is 1.32. The van der Waals surface area contributed by atoms with Crippen molar-refractivity contribution in [2.24, 2.45) is 0 Å². The van der Waals surface area contributed by atoms with Crippen LogP contribution in [0.25, 0.3) is 0 Å². The number of hydrogen-bond acceptors (Lipinski definition) is 3. The molecule has 0 radical (unpaired) electrons. The summed E-state index contributed by atoms with van der Waals surface area (Å²) in [6, 6.07) is 6.52. The van der Waals surface area contributed by atoms with E-state index < -0.39 is 0 Å². The molecule has 110 valence electrons. The highest BCUT2D eigenvalue weighted by atomic mass is 32.2. The fraction of sp³-hybridized carbons (Fsp3) is 0.588. The van der Waals surface area contributed by atoms with E-state index in [0.29, 0.717) is 12.5 Å². The third kappa shape index (κ3) is 4.76. The van der Waals surface area contributed by atoms with E-state index in [1.807, 2.05) is 6.92 Å². The van der Waals surface area contributed by atoms with Gasteiger partial charge in [0.15, 0.2) is 0 Å². The molecule has 1 aromatic carbocycles. The molecule has 0 aromatic heterocycles. The maximum Gasteiger partial charge on any atom is 0.133 e. The van der Waals surface area contributed by atoms with Crippen molar-refractivity contribution >= 4 is 11.8 Å². The second-order valence-corrected chi connectivity index (χ2v) is 6.94. The quantitative estimate of drug-likeness (QED) is 0.540. The van der Waals surface area contributed by atoms with Crippen molar-refractivity contribution < 1.29 is 4.74 Å². The minimum Gasteiger partial charge on any atom is -0.494 e. The second-order valence-electron chi connectivity index (χ2n) is 6.07. The molecule has 0 amide bonds. The molecule has 0 aliphatic carbocycles. The summed E-state index contributed by atoms with van der Waals surface area (Å²) < 4.78 is 5.76. The van der Waals surface area contributed by atoms with E-state index in [4.69, 9.17) is 10.00 Å². The van der Waals surface area contributed by atoms with Crippen LogP contribution in [0, 0.1) is 10.7 Å². The first-order valence-corrected chi connectivity index (χ1v) is 8.16. The Balaban J connectivity index is 3.02. The Bertz CT molecular complexity index is 471. The lowest BCUT2D eigenvalue weighted by Crippen LogP contribution is -2.12. The summed E-state index contributed by atoms with van der Waals surface area (Å²) in [5.41, 5.74) is 2.73. The first-order chi connectivity index (χ1) is 9.40. The van der Waals surface area contributed by atoms with Gasteiger partial charge in [-0.2, -0.15) is 5.26 Å². The number of nitriles is 1. The first kappa shape index (κ1) is 16.9. The van der Waals surface area contributed by atoms with E-state index in [1.54, 1.807) is 0 Å². The zero-order valence-corrected chi connectivity index (χ0v) is 14.0. The van der Waals surface area contributed by atoms with Crippen LogP contribution in [0.5, 0.6) is 5.75 Å². The van der Waals surface area contributed by atoms with E-state index in [-0.39, 0.29) is 5.41 Å². The lowest BCUT2D eigenvalue weighted by atomic mass is 9.84. The van der Waals surface area contributed by atoms with Gasteiger partial charge in [-0.15, -0.1) is 0 Å². The molecule has 1 atom stereocenters. The Hall–Kier alpha value is -1.14. The van der Waals surface area contributed by atoms with Crippen molar-refractivity contribution in [2.45, 2.75) is 52.4 Å². The highest BCUT2D eigenvalue weighted by Gasteiger charge is 2.18. The van der Waals surface area contributed by atoms with Crippen LogP contribution in [0.2, 0.25) is 0 Å². The van der Waals surface area contributed by atoms with Crippen LogP contribution in [-0.2, 0) is 5.41 Å². The molecule has 0 aliphatic heterocycles. The van der Waals surface area contributed by atoms with Gasteiger partial charge >= 0.3 is 0 Å². The zero-order chi connectivity index (χ0) is 15.2. The summed E-state index contributed by atoms with van der Waals surface area (Å²) in [5, 5.41) is 10.8. The van der Waals surface area contributed by atoms with Gasteiger partial charge in [-0.25, -0.2) is 0 Å². The molecule has 0 fully saturated rings. The number of rotatable bonds is 6. The summed E-state index contributed by atoms with van der Waals surface area (Å²) in [5.74, 6) is 2.25. The maximum absolute atomic E-state index is 8.63. The van der Waals surface area contributed by atoms with Crippen LogP contribution in [0.1, 0.15) is 58.1 Å². The molecule has 0 aliphatic rings. The average Bonchev–Trinajstić information content (AvgIpc) is 2.38. The smallest absolute Gasteiger partial charge is 0.133 e. The standard InChI is InChI=1S/C17H25NOS/c1-6-19-16-8-7-14(17(3,4)5)11-15(16)13(2)9-10-20-12-18/h7-8,11,13H,6,9-10H2,1-5H3. The van der Waals surface area contributed by atoms with E-state index >= 15 is 0 Å². The molecule has 0 saturated carbocycles. The van der Waals surface area contributed by atoms with Gasteiger partial charge in [0.05, 0.1) is 6.61 Å². The van der Waals surface area contributed by atoms with Crippen LogP contribution < -0.4 is 4.74 Å². The minimum atomic E-state index is 0.140. The molecular formula is C17H25NOS. The summed E-state index contributed by atoms with van der Waals surface area (Å²) in [7, 11) is 0. The van der Waals surface area contributed by atoms with Gasteiger partial charge in [-0.1, -0.05) is 39.8 Å². The molecule has 0 N–H and O–H groups in total. The number of nitrogens with zero attached hydrogens (tertiary/aromatic N) is 1. The van der Waals surface area contributed by atoms with Gasteiger partial charge in [0.1, 0.15) is 11.2 Å². The lowest BCUT2D eigenvalue weighted by Gasteiger charge is -2.23. The number of ether oxygens (including phenoxy) is 1. The Morgan fingerprint density at radius 2 is 2.05 bits per heavy atom. The summed E-state index contributed by atoms with van der Waals surface area (Å²) in [6.07, 6.45) is 0.992. The molecule has 20 heavy (non-hydrogen) atoms. The van der Waals surface area contributed by atoms with Crippen LogP contribution in [0.15, 0.2) is 18.2 Å². The normalized spacial score (nSPS) is 12.8. The Morgan fingerprint density at radius 1 is 1.35 bits per heavy atom. The van der Waals surface area contributed by atoms with Gasteiger partial charge in [-0.05, 0) is 53.6 Å². The number of hydrogen-bond donors (Lipinski definition) is 0. The second kappa shape index (κ2) is 7.59. The molecule has 2 nitrogen and oxygen atoms in total. The number of thioether (sulfide) groups is 1. The van der Waals surface area contributed by atoms with Crippen LogP contribution in [0.3, 0.4) is 0 Å². The predicted octanol–water partition coefficient (Wildman–Crippen LogP) is 5.09. The minimum absolute atomic E-state index is 0.140. The monoisotopic (exact) mass is 291 g/mol. The van der Waals surface area contributed by atoms with Crippen molar-refractivity contribution in [2.75, 3.05) is 12.4 Å². The Kier molecular flexibility index (Phi) is 6.42. The molecule has 0 saturated heterocycles. The first-order valence-electron chi connectivity index (χ1n) is 7.18. The molecule has 1 aromatic rings. The van der Waals surface area contributed by atoms with Crippen LogP contribution in [0.4, 0.5) is 0 Å². The molecule has 0 bridgehead atoms. The largest absolute Gasteiger partial charge is 0.494 e. The average molecular weight is 291 g/mol. The molecular weight excluding hydrogens is 266 g/mol. The fourth-order valence-corrected chi connectivity index (χ4v) is 2.69. The third-order valence-corrected chi connectivity index (χ3v) is 3.99. The van der Waals surface area contributed by atoms with Crippen molar-refractivity contribution in [3.05, 3.63) is 29.3 Å². The van der Waals surface area contributed by atoms with E-state index in [0.717, 1.165) is 17.9 Å². The predicted molar refractivity (Wildman–Crippen MR) is 87.4 cm³/mol. The SMILES string of the molecule is CCOc1ccc(C(C)(C)C)cc1C(C)CCSC#N. The highest BCUT2D eigenvalue weighted by molar-refractivity contribution is 8.03. The summed E-state index contributed by atoms with van der Waals surface area (Å²) in [6.45, 7) is 11.6. The van der Waals surface area contributed by atoms with Gasteiger partial charge in [-0.3, -0.25) is 0 Å². The summed E-state index contributed by atoms with van der Waals surface area (Å²) in [4.78, 5) is 0. The molecule has 0 spiro atoms. The highest BCUT2D eigenvalue weighted by Crippen LogP contribution is 2.34. The van der Waals surface area contributed by atoms with Crippen LogP contribution in [-0.4, -0.2) is 12.4 Å². The van der Waals surface area contributed by atoms with E-state index in [2.05, 4.69) is 51.3 Å². The zero-order valence-electron chi connectivity index (χ0n) is 13.2. The van der Waals surface area contributed by atoms with Gasteiger partial charge in [0.2, 0.25) is 0 Å². The molecule has 1 rings (SSSR count). The van der Waals surface area contributed by atoms with Crippen molar-refractivity contribution in [3.63, 3.8) is 0 Å². The molecule has 1 unspecified atom stereocenters. The molecule has 0 heterocycles. The Labute approximate surface area is 127 Å². The molecule has 3 heteroatoms. The maximum atomic E-state index is 8.63. The fourth-order valence-electron chi connectivity index (χ4n) is 2.12. The number of thiocyanates is 1. The Morgan fingerprint density at radius 3 is 2.60 bits per heavy atom. The topological polar surface area (TPSA) is 33.0 Å².